The molecule has 1 heterocycles. The number of aromatic nitrogens is 1. The molecule has 1 amide bonds. The number of rotatable bonds is 7. The summed E-state index contributed by atoms with van der Waals surface area (Å²) in [5.41, 5.74) is 0.447. The lowest BCUT2D eigenvalue weighted by Gasteiger charge is -2.10. The number of nitrogens with one attached hydrogen (secondary N) is 1. The fourth-order valence-corrected chi connectivity index (χ4v) is 2.83. The summed E-state index contributed by atoms with van der Waals surface area (Å²) < 4.78 is 5.72. The number of carbonyl (C=O) groups is 2. The Labute approximate surface area is 137 Å². The minimum atomic E-state index is -0.926. The lowest BCUT2D eigenvalue weighted by Crippen LogP contribution is -2.14. The zero-order valence-corrected chi connectivity index (χ0v) is 13.1. The molecule has 2 aromatic rings. The van der Waals surface area contributed by atoms with E-state index in [2.05, 4.69) is 10.3 Å². The molecule has 0 aliphatic heterocycles. The van der Waals surface area contributed by atoms with Crippen molar-refractivity contribution in [1.82, 2.24) is 4.98 Å². The first-order valence-electron chi connectivity index (χ1n) is 7.31. The molecule has 0 spiro atoms. The molecule has 120 valence electrons. The van der Waals surface area contributed by atoms with E-state index in [9.17, 15) is 9.59 Å². The molecule has 1 aromatic carbocycles. The first kappa shape index (κ1) is 15.5. The highest BCUT2D eigenvalue weighted by molar-refractivity contribution is 7.15. The van der Waals surface area contributed by atoms with Crippen molar-refractivity contribution >= 4 is 28.3 Å². The van der Waals surface area contributed by atoms with E-state index in [0.717, 1.165) is 11.3 Å². The van der Waals surface area contributed by atoms with E-state index < -0.39 is 5.97 Å². The third-order valence-corrected chi connectivity index (χ3v) is 4.32. The maximum atomic E-state index is 12.4. The minimum absolute atomic E-state index is 0.103. The Morgan fingerprint density at radius 3 is 2.87 bits per heavy atom. The van der Waals surface area contributed by atoms with Crippen molar-refractivity contribution in [1.29, 1.82) is 0 Å². The third-order valence-electron chi connectivity index (χ3n) is 3.40. The van der Waals surface area contributed by atoms with Gasteiger partial charge < -0.3 is 9.84 Å². The van der Waals surface area contributed by atoms with Gasteiger partial charge in [-0.05, 0) is 30.9 Å². The summed E-state index contributed by atoms with van der Waals surface area (Å²) in [6.07, 6.45) is 3.72. The second-order valence-corrected chi connectivity index (χ2v) is 6.52. The monoisotopic (exact) mass is 332 g/mol. The number of para-hydroxylation sites is 1. The van der Waals surface area contributed by atoms with Crippen molar-refractivity contribution in [3.8, 4) is 5.75 Å². The van der Waals surface area contributed by atoms with E-state index in [1.807, 2.05) is 6.07 Å². The molecule has 23 heavy (non-hydrogen) atoms. The number of amides is 1. The summed E-state index contributed by atoms with van der Waals surface area (Å²) in [7, 11) is 0. The second-order valence-electron chi connectivity index (χ2n) is 5.41. The van der Waals surface area contributed by atoms with Crippen LogP contribution in [0.15, 0.2) is 30.5 Å². The van der Waals surface area contributed by atoms with Crippen molar-refractivity contribution in [2.24, 2.45) is 5.92 Å². The molecule has 0 radical (unpaired) electrons. The normalized spacial score (nSPS) is 13.6. The molecule has 0 unspecified atom stereocenters. The molecule has 0 saturated heterocycles. The summed E-state index contributed by atoms with van der Waals surface area (Å²) in [6, 6.07) is 7.07. The van der Waals surface area contributed by atoms with Crippen LogP contribution in [0.2, 0.25) is 0 Å². The molecular formula is C16H16N2O4S. The van der Waals surface area contributed by atoms with Crippen LogP contribution >= 0.6 is 11.3 Å². The van der Waals surface area contributed by atoms with Gasteiger partial charge in [-0.3, -0.25) is 14.9 Å². The Bertz CT molecular complexity index is 724. The van der Waals surface area contributed by atoms with E-state index >= 15 is 0 Å². The maximum absolute atomic E-state index is 12.4. The summed E-state index contributed by atoms with van der Waals surface area (Å²) in [4.78, 5) is 27.7. The average molecular weight is 332 g/mol. The molecule has 0 bridgehead atoms. The Kier molecular flexibility index (Phi) is 4.57. The van der Waals surface area contributed by atoms with Crippen molar-refractivity contribution < 1.29 is 19.4 Å². The predicted molar refractivity (Wildman–Crippen MR) is 86.1 cm³/mol. The van der Waals surface area contributed by atoms with Crippen molar-refractivity contribution in [2.75, 3.05) is 11.9 Å². The van der Waals surface area contributed by atoms with Crippen LogP contribution < -0.4 is 10.1 Å². The summed E-state index contributed by atoms with van der Waals surface area (Å²) >= 11 is 1.15. The predicted octanol–water partition coefficient (Wildman–Crippen LogP) is 2.81. The average Bonchev–Trinajstić information content (AvgIpc) is 3.26. The van der Waals surface area contributed by atoms with Gasteiger partial charge in [0.1, 0.15) is 5.75 Å². The maximum Gasteiger partial charge on any atom is 0.308 e. The smallest absolute Gasteiger partial charge is 0.308 e. The number of anilines is 1. The third kappa shape index (κ3) is 4.29. The van der Waals surface area contributed by atoms with Crippen LogP contribution in [0.25, 0.3) is 0 Å². The van der Waals surface area contributed by atoms with Crippen LogP contribution in [0.5, 0.6) is 5.75 Å². The first-order valence-corrected chi connectivity index (χ1v) is 8.13. The number of hydrogen-bond donors (Lipinski definition) is 2. The van der Waals surface area contributed by atoms with Crippen LogP contribution in [0.3, 0.4) is 0 Å². The number of carboxylic acid groups (broad SMARTS) is 1. The molecule has 1 aliphatic rings. The number of nitrogens with zero attached hydrogens (tertiary/aromatic N) is 1. The summed E-state index contributed by atoms with van der Waals surface area (Å²) in [5.74, 6) is -0.0826. The number of carboxylic acids is 1. The highest BCUT2D eigenvalue weighted by Crippen LogP contribution is 2.30. The van der Waals surface area contributed by atoms with Gasteiger partial charge in [0.15, 0.2) is 5.13 Å². The molecule has 1 aromatic heterocycles. The standard InChI is InChI=1S/C16H16N2O4S/c19-14(20)7-11-8-17-16(23-11)18-15(21)12-3-1-2-4-13(12)22-9-10-5-6-10/h1-4,8,10H,5-7,9H2,(H,19,20)(H,17,18,21). The molecule has 7 heteroatoms. The van der Waals surface area contributed by atoms with Gasteiger partial charge in [-0.15, -0.1) is 11.3 Å². The van der Waals surface area contributed by atoms with Gasteiger partial charge in [0.2, 0.25) is 0 Å². The van der Waals surface area contributed by atoms with E-state index in [4.69, 9.17) is 9.84 Å². The number of aliphatic carboxylic acids is 1. The highest BCUT2D eigenvalue weighted by Gasteiger charge is 2.23. The van der Waals surface area contributed by atoms with Gasteiger partial charge in [0.25, 0.3) is 5.91 Å². The van der Waals surface area contributed by atoms with Gasteiger partial charge in [0, 0.05) is 11.1 Å². The van der Waals surface area contributed by atoms with Gasteiger partial charge in [-0.2, -0.15) is 0 Å². The van der Waals surface area contributed by atoms with Gasteiger partial charge in [0.05, 0.1) is 18.6 Å². The molecule has 0 atom stereocenters. The van der Waals surface area contributed by atoms with Crippen LogP contribution in [0.4, 0.5) is 5.13 Å². The number of thiazole rings is 1. The molecule has 1 saturated carbocycles. The Hall–Kier alpha value is -2.41. The van der Waals surface area contributed by atoms with Crippen LogP contribution in [0.1, 0.15) is 28.1 Å². The van der Waals surface area contributed by atoms with Crippen LogP contribution in [-0.4, -0.2) is 28.6 Å². The van der Waals surface area contributed by atoms with Gasteiger partial charge in [-0.1, -0.05) is 12.1 Å². The quantitative estimate of drug-likeness (QED) is 0.814. The van der Waals surface area contributed by atoms with E-state index in [-0.39, 0.29) is 12.3 Å². The number of carbonyl (C=O) groups excluding carboxylic acids is 1. The minimum Gasteiger partial charge on any atom is -0.492 e. The van der Waals surface area contributed by atoms with Crippen LogP contribution in [0, 0.1) is 5.92 Å². The van der Waals surface area contributed by atoms with Gasteiger partial charge >= 0.3 is 5.97 Å². The van der Waals surface area contributed by atoms with Crippen LogP contribution in [-0.2, 0) is 11.2 Å². The number of ether oxygens (including phenoxy) is 1. The molecule has 1 aliphatic carbocycles. The highest BCUT2D eigenvalue weighted by atomic mass is 32.1. The Balaban J connectivity index is 1.67. The molecule has 1 fully saturated rings. The molecule has 3 rings (SSSR count). The lowest BCUT2D eigenvalue weighted by atomic mass is 10.2. The molecule has 6 nitrogen and oxygen atoms in total. The van der Waals surface area contributed by atoms with Crippen molar-refractivity contribution in [3.05, 3.63) is 40.9 Å². The fourth-order valence-electron chi connectivity index (χ4n) is 2.03. The number of benzene rings is 1. The van der Waals surface area contributed by atoms with E-state index in [1.54, 1.807) is 18.2 Å². The topological polar surface area (TPSA) is 88.5 Å². The van der Waals surface area contributed by atoms with Crippen molar-refractivity contribution in [2.45, 2.75) is 19.3 Å². The van der Waals surface area contributed by atoms with E-state index in [1.165, 1.54) is 19.0 Å². The van der Waals surface area contributed by atoms with E-state index in [0.29, 0.717) is 33.8 Å². The van der Waals surface area contributed by atoms with Gasteiger partial charge in [-0.25, -0.2) is 4.98 Å². The Morgan fingerprint density at radius 1 is 1.35 bits per heavy atom. The second kappa shape index (κ2) is 6.78. The Morgan fingerprint density at radius 2 is 2.13 bits per heavy atom. The summed E-state index contributed by atoms with van der Waals surface area (Å²) in [6.45, 7) is 0.629. The van der Waals surface area contributed by atoms with Crippen molar-refractivity contribution in [3.63, 3.8) is 0 Å². The zero-order chi connectivity index (χ0) is 16.2. The zero-order valence-electron chi connectivity index (χ0n) is 12.3. The summed E-state index contributed by atoms with van der Waals surface area (Å²) in [5, 5.41) is 11.8. The largest absolute Gasteiger partial charge is 0.492 e. The first-order chi connectivity index (χ1) is 11.1. The SMILES string of the molecule is O=C(O)Cc1cnc(NC(=O)c2ccccc2OCC2CC2)s1. The fraction of sp³-hybridized carbons (Fsp3) is 0.312. The molecular weight excluding hydrogens is 316 g/mol. The molecule has 2 N–H and O–H groups in total. The number of hydrogen-bond acceptors (Lipinski definition) is 5. The lowest BCUT2D eigenvalue weighted by molar-refractivity contribution is -0.136.